The molecule has 0 spiro atoms. The molecule has 1 heterocycles. The van der Waals surface area contributed by atoms with Gasteiger partial charge in [-0.15, -0.1) is 0 Å². The first-order valence-corrected chi connectivity index (χ1v) is 7.93. The van der Waals surface area contributed by atoms with Gasteiger partial charge < -0.3 is 0 Å². The molecule has 0 saturated carbocycles. The molecular formula is C13H24N4O2S. The van der Waals surface area contributed by atoms with Gasteiger partial charge in [0.15, 0.2) is 5.03 Å². The van der Waals surface area contributed by atoms with Crippen LogP contribution in [0.4, 0.5) is 0 Å². The van der Waals surface area contributed by atoms with Crippen molar-refractivity contribution in [2.24, 2.45) is 5.41 Å². The van der Waals surface area contributed by atoms with Gasteiger partial charge in [-0.25, -0.2) is 13.4 Å². The van der Waals surface area contributed by atoms with E-state index in [-0.39, 0.29) is 16.5 Å². The van der Waals surface area contributed by atoms with Gasteiger partial charge in [-0.1, -0.05) is 26.8 Å². The van der Waals surface area contributed by atoms with Crippen LogP contribution in [0.25, 0.3) is 0 Å². The Labute approximate surface area is 121 Å². The van der Waals surface area contributed by atoms with Crippen LogP contribution in [-0.2, 0) is 10.0 Å². The monoisotopic (exact) mass is 300 g/mol. The van der Waals surface area contributed by atoms with E-state index in [4.69, 9.17) is 0 Å². The van der Waals surface area contributed by atoms with Crippen LogP contribution < -0.4 is 10.9 Å². The minimum Gasteiger partial charge on any atom is -0.261 e. The standard InChI is InChI=1S/C13H24N4O2S/c1-13(2,3)11(16-14-4)10-17(5)20(18,19)12-8-6-7-9-15-12/h6-9,11,14,16H,10H2,1-5H3/t11-/m1/s1. The third-order valence-corrected chi connectivity index (χ3v) is 4.86. The number of hydrogen-bond donors (Lipinski definition) is 2. The number of hydrazine groups is 1. The zero-order chi connectivity index (χ0) is 15.4. The van der Waals surface area contributed by atoms with Crippen molar-refractivity contribution in [3.05, 3.63) is 24.4 Å². The first kappa shape index (κ1) is 17.0. The lowest BCUT2D eigenvalue weighted by molar-refractivity contribution is 0.219. The maximum atomic E-state index is 12.4. The van der Waals surface area contributed by atoms with Crippen molar-refractivity contribution in [1.29, 1.82) is 0 Å². The number of sulfonamides is 1. The normalized spacial score (nSPS) is 14.5. The van der Waals surface area contributed by atoms with Gasteiger partial charge in [0.25, 0.3) is 10.0 Å². The summed E-state index contributed by atoms with van der Waals surface area (Å²) < 4.78 is 26.2. The molecule has 0 fully saturated rings. The third kappa shape index (κ3) is 4.24. The lowest BCUT2D eigenvalue weighted by Crippen LogP contribution is -2.52. The molecule has 6 nitrogen and oxygen atoms in total. The van der Waals surface area contributed by atoms with Gasteiger partial charge in [0, 0.05) is 25.8 Å². The fourth-order valence-corrected chi connectivity index (χ4v) is 2.83. The third-order valence-electron chi connectivity index (χ3n) is 3.12. The summed E-state index contributed by atoms with van der Waals surface area (Å²) in [6.07, 6.45) is 1.48. The fraction of sp³-hybridized carbons (Fsp3) is 0.615. The highest BCUT2D eigenvalue weighted by Crippen LogP contribution is 2.21. The zero-order valence-electron chi connectivity index (χ0n) is 12.7. The van der Waals surface area contributed by atoms with Crippen LogP contribution in [0.2, 0.25) is 0 Å². The zero-order valence-corrected chi connectivity index (χ0v) is 13.5. The number of pyridine rings is 1. The van der Waals surface area contributed by atoms with Crippen molar-refractivity contribution in [3.8, 4) is 0 Å². The molecule has 0 aliphatic rings. The van der Waals surface area contributed by atoms with Gasteiger partial charge in [-0.2, -0.15) is 4.31 Å². The molecule has 1 aromatic rings. The van der Waals surface area contributed by atoms with E-state index in [2.05, 4.69) is 36.6 Å². The molecule has 0 radical (unpaired) electrons. The Bertz CT molecular complexity index is 511. The molecule has 1 aromatic heterocycles. The van der Waals surface area contributed by atoms with E-state index < -0.39 is 10.0 Å². The first-order valence-electron chi connectivity index (χ1n) is 6.49. The Morgan fingerprint density at radius 2 is 2.00 bits per heavy atom. The predicted octanol–water partition coefficient (Wildman–Crippen LogP) is 0.841. The van der Waals surface area contributed by atoms with Gasteiger partial charge in [0.1, 0.15) is 0 Å². The number of rotatable bonds is 6. The van der Waals surface area contributed by atoms with Gasteiger partial charge >= 0.3 is 0 Å². The maximum Gasteiger partial charge on any atom is 0.260 e. The predicted molar refractivity (Wildman–Crippen MR) is 79.5 cm³/mol. The largest absolute Gasteiger partial charge is 0.261 e. The Morgan fingerprint density at radius 3 is 2.45 bits per heavy atom. The second kappa shape index (κ2) is 6.62. The molecule has 0 saturated heterocycles. The number of likely N-dealkylation sites (N-methyl/N-ethyl adjacent to an activating group) is 1. The highest BCUT2D eigenvalue weighted by atomic mass is 32.2. The molecule has 2 N–H and O–H groups in total. The van der Waals surface area contributed by atoms with Crippen molar-refractivity contribution in [2.45, 2.75) is 31.8 Å². The number of nitrogens with one attached hydrogen (secondary N) is 2. The van der Waals surface area contributed by atoms with Crippen molar-refractivity contribution < 1.29 is 8.42 Å². The smallest absolute Gasteiger partial charge is 0.260 e. The molecular weight excluding hydrogens is 276 g/mol. The summed E-state index contributed by atoms with van der Waals surface area (Å²) in [5.74, 6) is 0. The first-order chi connectivity index (χ1) is 9.19. The molecule has 0 aliphatic carbocycles. The molecule has 0 aliphatic heterocycles. The lowest BCUT2D eigenvalue weighted by atomic mass is 9.87. The molecule has 20 heavy (non-hydrogen) atoms. The summed E-state index contributed by atoms with van der Waals surface area (Å²) >= 11 is 0. The van der Waals surface area contributed by atoms with Crippen LogP contribution in [0.3, 0.4) is 0 Å². The van der Waals surface area contributed by atoms with Gasteiger partial charge in [0.2, 0.25) is 0 Å². The van der Waals surface area contributed by atoms with Crippen LogP contribution in [-0.4, -0.2) is 44.4 Å². The summed E-state index contributed by atoms with van der Waals surface area (Å²) in [5, 5.41) is 0.0691. The topological polar surface area (TPSA) is 74.3 Å². The van der Waals surface area contributed by atoms with E-state index in [9.17, 15) is 8.42 Å². The molecule has 0 bridgehead atoms. The summed E-state index contributed by atoms with van der Waals surface area (Å²) in [5.41, 5.74) is 5.90. The Hall–Kier alpha value is -1.02. The van der Waals surface area contributed by atoms with Crippen LogP contribution in [0.5, 0.6) is 0 Å². The molecule has 1 rings (SSSR count). The van der Waals surface area contributed by atoms with E-state index in [0.29, 0.717) is 6.54 Å². The summed E-state index contributed by atoms with van der Waals surface area (Å²) in [6, 6.07) is 4.83. The van der Waals surface area contributed by atoms with Crippen LogP contribution in [0, 0.1) is 5.41 Å². The molecule has 0 amide bonds. The van der Waals surface area contributed by atoms with E-state index in [1.165, 1.54) is 16.6 Å². The molecule has 7 heteroatoms. The second-order valence-corrected chi connectivity index (χ2v) is 7.76. The summed E-state index contributed by atoms with van der Waals surface area (Å²) in [7, 11) is -0.219. The average molecular weight is 300 g/mol. The van der Waals surface area contributed by atoms with Crippen molar-refractivity contribution >= 4 is 10.0 Å². The van der Waals surface area contributed by atoms with Crippen molar-refractivity contribution in [1.82, 2.24) is 20.1 Å². The minimum absolute atomic E-state index is 0.0315. The Kier molecular flexibility index (Phi) is 5.64. The van der Waals surface area contributed by atoms with Crippen molar-refractivity contribution in [3.63, 3.8) is 0 Å². The van der Waals surface area contributed by atoms with Crippen molar-refractivity contribution in [2.75, 3.05) is 20.6 Å². The second-order valence-electron chi connectivity index (χ2n) is 5.77. The summed E-state index contributed by atoms with van der Waals surface area (Å²) in [4.78, 5) is 3.92. The summed E-state index contributed by atoms with van der Waals surface area (Å²) in [6.45, 7) is 6.53. The quantitative estimate of drug-likeness (QED) is 0.762. The minimum atomic E-state index is -3.56. The highest BCUT2D eigenvalue weighted by molar-refractivity contribution is 7.89. The van der Waals surface area contributed by atoms with Gasteiger partial charge in [-0.3, -0.25) is 10.9 Å². The average Bonchev–Trinajstić information content (AvgIpc) is 2.38. The van der Waals surface area contributed by atoms with E-state index >= 15 is 0 Å². The number of nitrogens with zero attached hydrogens (tertiary/aromatic N) is 2. The van der Waals surface area contributed by atoms with Gasteiger partial charge in [-0.05, 0) is 24.6 Å². The highest BCUT2D eigenvalue weighted by Gasteiger charge is 2.30. The maximum absolute atomic E-state index is 12.4. The fourth-order valence-electron chi connectivity index (χ4n) is 1.72. The molecule has 1 atom stereocenters. The number of hydrogen-bond acceptors (Lipinski definition) is 5. The van der Waals surface area contributed by atoms with E-state index in [0.717, 1.165) is 0 Å². The SMILES string of the molecule is CNN[C@H](CN(C)S(=O)(=O)c1ccccn1)C(C)(C)C. The molecule has 0 aromatic carbocycles. The van der Waals surface area contributed by atoms with Crippen LogP contribution in [0.1, 0.15) is 20.8 Å². The van der Waals surface area contributed by atoms with E-state index in [1.807, 2.05) is 0 Å². The Balaban J connectivity index is 2.92. The van der Waals surface area contributed by atoms with Crippen LogP contribution in [0.15, 0.2) is 29.4 Å². The van der Waals surface area contributed by atoms with Crippen LogP contribution >= 0.6 is 0 Å². The Morgan fingerprint density at radius 1 is 1.35 bits per heavy atom. The van der Waals surface area contributed by atoms with Gasteiger partial charge in [0.05, 0.1) is 0 Å². The molecule has 114 valence electrons. The number of aromatic nitrogens is 1. The van der Waals surface area contributed by atoms with E-state index in [1.54, 1.807) is 26.2 Å². The lowest BCUT2D eigenvalue weighted by Gasteiger charge is -2.33. The molecule has 0 unspecified atom stereocenters.